The number of nitrogens with zero attached hydrogens (tertiary/aromatic N) is 3. The summed E-state index contributed by atoms with van der Waals surface area (Å²) in [6.07, 6.45) is 1.09. The van der Waals surface area contributed by atoms with E-state index < -0.39 is 45.0 Å². The second-order valence-electron chi connectivity index (χ2n) is 8.74. The topological polar surface area (TPSA) is 139 Å². The fourth-order valence-electron chi connectivity index (χ4n) is 3.72. The minimum atomic E-state index is -4.13. The molecule has 0 fully saturated rings. The van der Waals surface area contributed by atoms with Crippen molar-refractivity contribution in [3.05, 3.63) is 62.1 Å². The van der Waals surface area contributed by atoms with Gasteiger partial charge < -0.3 is 15.0 Å². The van der Waals surface area contributed by atoms with Gasteiger partial charge in [0.25, 0.3) is 5.69 Å². The van der Waals surface area contributed by atoms with Crippen LogP contribution in [0.2, 0.25) is 10.0 Å². The lowest BCUT2D eigenvalue weighted by Crippen LogP contribution is -2.53. The number of non-ortho nitro benzene ring substituents is 1. The number of hydrogen-bond donors (Lipinski definition) is 1. The quantitative estimate of drug-likeness (QED) is 0.292. The molecule has 38 heavy (non-hydrogen) atoms. The maximum Gasteiger partial charge on any atom is 0.271 e. The molecule has 1 N–H and O–H groups in total. The number of benzene rings is 2. The molecule has 14 heteroatoms. The lowest BCUT2D eigenvalue weighted by atomic mass is 10.1. The molecule has 0 heterocycles. The van der Waals surface area contributed by atoms with E-state index in [9.17, 15) is 28.1 Å². The standard InChI is InChI=1S/C24H30Cl2N4O7S/c1-6-20(24(32)27-15(2)3)28(13-16-7-9-18(25)19(26)11-16)23(31)14-29(38(5,35)36)21-12-17(30(33)34)8-10-22(21)37-4/h7-12,15,20H,6,13-14H2,1-5H3,(H,27,32)/t20-/m1/s1. The molecule has 0 aromatic heterocycles. The van der Waals surface area contributed by atoms with Crippen LogP contribution in [0.15, 0.2) is 36.4 Å². The molecule has 0 aliphatic rings. The molecule has 0 bridgehead atoms. The fourth-order valence-corrected chi connectivity index (χ4v) is 4.88. The van der Waals surface area contributed by atoms with Crippen LogP contribution >= 0.6 is 23.2 Å². The number of nitro groups is 1. The minimum absolute atomic E-state index is 0.00875. The van der Waals surface area contributed by atoms with Crippen molar-refractivity contribution in [2.45, 2.75) is 45.8 Å². The molecule has 208 valence electrons. The Balaban J connectivity index is 2.59. The van der Waals surface area contributed by atoms with Crippen LogP contribution in [0.1, 0.15) is 32.8 Å². The number of nitro benzene ring substituents is 1. The van der Waals surface area contributed by atoms with E-state index in [1.807, 2.05) is 0 Å². The molecule has 0 spiro atoms. The van der Waals surface area contributed by atoms with Crippen LogP contribution < -0.4 is 14.4 Å². The van der Waals surface area contributed by atoms with E-state index in [4.69, 9.17) is 27.9 Å². The molecular weight excluding hydrogens is 559 g/mol. The summed E-state index contributed by atoms with van der Waals surface area (Å²) in [5.74, 6) is -1.13. The van der Waals surface area contributed by atoms with E-state index in [-0.39, 0.29) is 35.5 Å². The van der Waals surface area contributed by atoms with Gasteiger partial charge in [-0.05, 0) is 44.0 Å². The van der Waals surface area contributed by atoms with Crippen molar-refractivity contribution in [3.63, 3.8) is 0 Å². The van der Waals surface area contributed by atoms with Gasteiger partial charge in [-0.15, -0.1) is 0 Å². The van der Waals surface area contributed by atoms with Crippen LogP contribution in [0.5, 0.6) is 5.75 Å². The first kappa shape index (κ1) is 31.1. The zero-order valence-electron chi connectivity index (χ0n) is 21.6. The van der Waals surface area contributed by atoms with E-state index in [0.717, 1.165) is 22.7 Å². The number of carbonyl (C=O) groups excluding carboxylic acids is 2. The highest BCUT2D eigenvalue weighted by Crippen LogP contribution is 2.34. The second kappa shape index (κ2) is 13.1. The Bertz CT molecular complexity index is 1300. The van der Waals surface area contributed by atoms with E-state index in [0.29, 0.717) is 10.6 Å². The maximum atomic E-state index is 13.7. The summed E-state index contributed by atoms with van der Waals surface area (Å²) in [5, 5.41) is 14.7. The van der Waals surface area contributed by atoms with Crippen molar-refractivity contribution >= 4 is 56.4 Å². The van der Waals surface area contributed by atoms with Gasteiger partial charge in [0.15, 0.2) is 0 Å². The third-order valence-corrected chi connectivity index (χ3v) is 7.34. The molecular formula is C24H30Cl2N4O7S. The molecule has 2 aromatic carbocycles. The van der Waals surface area contributed by atoms with Gasteiger partial charge >= 0.3 is 0 Å². The highest BCUT2D eigenvalue weighted by molar-refractivity contribution is 7.92. The van der Waals surface area contributed by atoms with Crippen molar-refractivity contribution in [3.8, 4) is 5.75 Å². The van der Waals surface area contributed by atoms with Gasteiger partial charge in [0.1, 0.15) is 24.0 Å². The molecule has 11 nitrogen and oxygen atoms in total. The SMILES string of the molecule is CC[C@H](C(=O)NC(C)C)N(Cc1ccc(Cl)c(Cl)c1)C(=O)CN(c1cc([N+](=O)[O-])ccc1OC)S(C)(=O)=O. The van der Waals surface area contributed by atoms with Gasteiger partial charge in [0.2, 0.25) is 21.8 Å². The van der Waals surface area contributed by atoms with Gasteiger partial charge in [-0.25, -0.2) is 8.42 Å². The first-order valence-electron chi connectivity index (χ1n) is 11.5. The number of anilines is 1. The number of methoxy groups -OCH3 is 1. The Labute approximate surface area is 231 Å². The largest absolute Gasteiger partial charge is 0.495 e. The number of rotatable bonds is 12. The van der Waals surface area contributed by atoms with Gasteiger partial charge in [0.05, 0.1) is 28.3 Å². The van der Waals surface area contributed by atoms with Gasteiger partial charge in [-0.2, -0.15) is 0 Å². The highest BCUT2D eigenvalue weighted by atomic mass is 35.5. The number of hydrogen-bond acceptors (Lipinski definition) is 7. The zero-order chi connectivity index (χ0) is 28.8. The number of halogens is 2. The molecule has 2 aromatic rings. The van der Waals surface area contributed by atoms with E-state index in [1.165, 1.54) is 18.1 Å². The number of carbonyl (C=O) groups is 2. The Morgan fingerprint density at radius 1 is 1.13 bits per heavy atom. The molecule has 2 amide bonds. The molecule has 0 aliphatic heterocycles. The molecule has 0 radical (unpaired) electrons. The lowest BCUT2D eigenvalue weighted by molar-refractivity contribution is -0.384. The lowest BCUT2D eigenvalue weighted by Gasteiger charge is -2.33. The average Bonchev–Trinajstić information content (AvgIpc) is 2.82. The monoisotopic (exact) mass is 588 g/mol. The zero-order valence-corrected chi connectivity index (χ0v) is 23.9. The van der Waals surface area contributed by atoms with E-state index in [2.05, 4.69) is 5.32 Å². The number of nitrogens with one attached hydrogen (secondary N) is 1. The summed E-state index contributed by atoms with van der Waals surface area (Å²) in [4.78, 5) is 38.7. The highest BCUT2D eigenvalue weighted by Gasteiger charge is 2.33. The van der Waals surface area contributed by atoms with Gasteiger partial charge in [-0.3, -0.25) is 24.0 Å². The van der Waals surface area contributed by atoms with Crippen molar-refractivity contribution in [2.75, 3.05) is 24.2 Å². The first-order valence-corrected chi connectivity index (χ1v) is 14.1. The second-order valence-corrected chi connectivity index (χ2v) is 11.5. The van der Waals surface area contributed by atoms with Crippen molar-refractivity contribution in [2.24, 2.45) is 0 Å². The normalized spacial score (nSPS) is 12.1. The Morgan fingerprint density at radius 2 is 1.79 bits per heavy atom. The van der Waals surface area contributed by atoms with E-state index >= 15 is 0 Å². The third-order valence-electron chi connectivity index (χ3n) is 5.47. The predicted octanol–water partition coefficient (Wildman–Crippen LogP) is 4.01. The maximum absolute atomic E-state index is 13.7. The van der Waals surface area contributed by atoms with Crippen LogP contribution in [-0.4, -0.2) is 62.0 Å². The van der Waals surface area contributed by atoms with Crippen molar-refractivity contribution < 1.29 is 27.7 Å². The van der Waals surface area contributed by atoms with Crippen LogP contribution in [0.25, 0.3) is 0 Å². The summed E-state index contributed by atoms with van der Waals surface area (Å²) in [5.41, 5.74) is -0.0218. The summed E-state index contributed by atoms with van der Waals surface area (Å²) in [7, 11) is -2.86. The summed E-state index contributed by atoms with van der Waals surface area (Å²) < 4.78 is 31.6. The molecule has 0 unspecified atom stereocenters. The molecule has 0 saturated heterocycles. The van der Waals surface area contributed by atoms with Crippen LogP contribution in [0.4, 0.5) is 11.4 Å². The minimum Gasteiger partial charge on any atom is -0.495 e. The van der Waals surface area contributed by atoms with E-state index in [1.54, 1.807) is 39.0 Å². The molecule has 0 saturated carbocycles. The number of ether oxygens (including phenoxy) is 1. The molecule has 1 atom stereocenters. The predicted molar refractivity (Wildman–Crippen MR) is 146 cm³/mol. The van der Waals surface area contributed by atoms with Gasteiger partial charge in [-0.1, -0.05) is 36.2 Å². The Kier molecular flexibility index (Phi) is 10.7. The average molecular weight is 589 g/mol. The smallest absolute Gasteiger partial charge is 0.271 e. The van der Waals surface area contributed by atoms with Crippen LogP contribution in [-0.2, 0) is 26.2 Å². The third kappa shape index (κ3) is 7.95. The van der Waals surface area contributed by atoms with Crippen LogP contribution in [0.3, 0.4) is 0 Å². The Hall–Kier alpha value is -3.09. The first-order chi connectivity index (χ1) is 17.7. The summed E-state index contributed by atoms with van der Waals surface area (Å²) in [6, 6.07) is 6.99. The van der Waals surface area contributed by atoms with Crippen molar-refractivity contribution in [1.82, 2.24) is 10.2 Å². The fraction of sp³-hybridized carbons (Fsp3) is 0.417. The molecule has 0 aliphatic carbocycles. The Morgan fingerprint density at radius 3 is 2.29 bits per heavy atom. The number of sulfonamides is 1. The summed E-state index contributed by atoms with van der Waals surface area (Å²) >= 11 is 12.2. The van der Waals surface area contributed by atoms with Crippen LogP contribution in [0, 0.1) is 10.1 Å². The van der Waals surface area contributed by atoms with Gasteiger partial charge in [0, 0.05) is 24.7 Å². The van der Waals surface area contributed by atoms with Crippen molar-refractivity contribution in [1.29, 1.82) is 0 Å². The molecule has 2 rings (SSSR count). The summed E-state index contributed by atoms with van der Waals surface area (Å²) in [6.45, 7) is 4.44. The number of amides is 2.